The first kappa shape index (κ1) is 14.7. The van der Waals surface area contributed by atoms with Gasteiger partial charge in [-0.3, -0.25) is 4.79 Å². The van der Waals surface area contributed by atoms with Gasteiger partial charge in [0.2, 0.25) is 0 Å². The van der Waals surface area contributed by atoms with E-state index in [1.165, 1.54) is 0 Å². The predicted octanol–water partition coefficient (Wildman–Crippen LogP) is 4.37. The zero-order valence-corrected chi connectivity index (χ0v) is 13.3. The Morgan fingerprint density at radius 3 is 2.73 bits per heavy atom. The number of amides is 1. The second-order valence-corrected chi connectivity index (χ2v) is 5.86. The maximum absolute atomic E-state index is 12.4. The molecule has 0 aliphatic heterocycles. The zero-order chi connectivity index (χ0) is 15.7. The van der Waals surface area contributed by atoms with Crippen LogP contribution in [0.5, 0.6) is 0 Å². The van der Waals surface area contributed by atoms with E-state index >= 15 is 0 Å². The molecule has 2 aromatic carbocycles. The van der Waals surface area contributed by atoms with E-state index < -0.39 is 0 Å². The number of nitrogens with one attached hydrogen (secondary N) is 2. The van der Waals surface area contributed by atoms with Gasteiger partial charge < -0.3 is 10.3 Å². The normalized spacial score (nSPS) is 10.9. The number of halogens is 1. The Hall–Kier alpha value is -2.26. The molecule has 4 heteroatoms. The van der Waals surface area contributed by atoms with Crippen LogP contribution in [-0.4, -0.2) is 10.9 Å². The molecule has 3 nitrogen and oxygen atoms in total. The molecule has 0 saturated heterocycles. The van der Waals surface area contributed by atoms with E-state index in [-0.39, 0.29) is 5.91 Å². The number of rotatable bonds is 3. The number of aromatic nitrogens is 1. The molecule has 1 amide bonds. The average molecular weight is 313 g/mol. The van der Waals surface area contributed by atoms with Crippen molar-refractivity contribution < 1.29 is 4.79 Å². The van der Waals surface area contributed by atoms with Crippen LogP contribution >= 0.6 is 11.6 Å². The number of carbonyl (C=O) groups is 1. The number of hydrogen-bond acceptors (Lipinski definition) is 1. The molecule has 3 aromatic rings. The van der Waals surface area contributed by atoms with Crippen LogP contribution in [0.2, 0.25) is 5.02 Å². The molecule has 2 N–H and O–H groups in total. The van der Waals surface area contributed by atoms with Gasteiger partial charge in [0.25, 0.3) is 5.91 Å². The summed E-state index contributed by atoms with van der Waals surface area (Å²) in [5, 5.41) is 4.65. The second kappa shape index (κ2) is 5.85. The summed E-state index contributed by atoms with van der Waals surface area (Å²) in [5.41, 5.74) is 4.62. The van der Waals surface area contributed by atoms with Crippen LogP contribution in [0.25, 0.3) is 10.9 Å². The van der Waals surface area contributed by atoms with Crippen molar-refractivity contribution in [1.29, 1.82) is 0 Å². The van der Waals surface area contributed by atoms with Gasteiger partial charge in [0, 0.05) is 22.5 Å². The molecule has 1 aromatic heterocycles. The molecule has 22 heavy (non-hydrogen) atoms. The molecule has 0 spiro atoms. The van der Waals surface area contributed by atoms with Crippen LogP contribution in [0.4, 0.5) is 0 Å². The van der Waals surface area contributed by atoms with E-state index in [4.69, 9.17) is 11.6 Å². The highest BCUT2D eigenvalue weighted by molar-refractivity contribution is 6.31. The third-order valence-corrected chi connectivity index (χ3v) is 4.21. The maximum atomic E-state index is 12.4. The predicted molar refractivity (Wildman–Crippen MR) is 90.4 cm³/mol. The summed E-state index contributed by atoms with van der Waals surface area (Å²) in [6.45, 7) is 4.40. The molecule has 0 bridgehead atoms. The smallest absolute Gasteiger partial charge is 0.268 e. The monoisotopic (exact) mass is 312 g/mol. The van der Waals surface area contributed by atoms with E-state index in [2.05, 4.69) is 16.4 Å². The van der Waals surface area contributed by atoms with Gasteiger partial charge in [0.1, 0.15) is 5.69 Å². The first-order valence-corrected chi connectivity index (χ1v) is 7.54. The number of carbonyl (C=O) groups excluding carboxylic acids is 1. The van der Waals surface area contributed by atoms with Crippen molar-refractivity contribution in [3.8, 4) is 0 Å². The molecule has 1 heterocycles. The second-order valence-electron chi connectivity index (χ2n) is 5.45. The van der Waals surface area contributed by atoms with E-state index in [0.29, 0.717) is 17.3 Å². The summed E-state index contributed by atoms with van der Waals surface area (Å²) in [7, 11) is 0. The maximum Gasteiger partial charge on any atom is 0.268 e. The summed E-state index contributed by atoms with van der Waals surface area (Å²) >= 11 is 6.11. The van der Waals surface area contributed by atoms with Crippen LogP contribution < -0.4 is 5.32 Å². The van der Waals surface area contributed by atoms with E-state index in [1.54, 1.807) is 0 Å². The van der Waals surface area contributed by atoms with Crippen molar-refractivity contribution in [2.75, 3.05) is 0 Å². The topological polar surface area (TPSA) is 44.9 Å². The third-order valence-electron chi connectivity index (χ3n) is 3.84. The van der Waals surface area contributed by atoms with Gasteiger partial charge >= 0.3 is 0 Å². The SMILES string of the molecule is Cc1ccc2c(C)c(C(=O)NCc3ccccc3Cl)[nH]c2c1. The van der Waals surface area contributed by atoms with Crippen molar-refractivity contribution in [2.24, 2.45) is 0 Å². The van der Waals surface area contributed by atoms with Crippen LogP contribution in [0.1, 0.15) is 27.2 Å². The lowest BCUT2D eigenvalue weighted by atomic mass is 10.1. The first-order valence-electron chi connectivity index (χ1n) is 7.17. The van der Waals surface area contributed by atoms with Gasteiger partial charge in [-0.05, 0) is 42.7 Å². The van der Waals surface area contributed by atoms with Gasteiger partial charge in [-0.25, -0.2) is 0 Å². The Balaban J connectivity index is 1.83. The highest BCUT2D eigenvalue weighted by atomic mass is 35.5. The van der Waals surface area contributed by atoms with Crippen molar-refractivity contribution >= 4 is 28.4 Å². The summed E-state index contributed by atoms with van der Waals surface area (Å²) in [6.07, 6.45) is 0. The molecule has 0 atom stereocenters. The van der Waals surface area contributed by atoms with Gasteiger partial charge in [-0.2, -0.15) is 0 Å². The zero-order valence-electron chi connectivity index (χ0n) is 12.5. The average Bonchev–Trinajstić information content (AvgIpc) is 2.82. The fraction of sp³-hybridized carbons (Fsp3) is 0.167. The Kier molecular flexibility index (Phi) is 3.90. The van der Waals surface area contributed by atoms with Crippen LogP contribution in [0, 0.1) is 13.8 Å². The third kappa shape index (κ3) is 2.72. The number of aromatic amines is 1. The lowest BCUT2D eigenvalue weighted by Crippen LogP contribution is -2.24. The highest BCUT2D eigenvalue weighted by Gasteiger charge is 2.14. The summed E-state index contributed by atoms with van der Waals surface area (Å²) in [4.78, 5) is 15.6. The number of benzene rings is 2. The lowest BCUT2D eigenvalue weighted by molar-refractivity contribution is 0.0946. The minimum absolute atomic E-state index is 0.119. The standard InChI is InChI=1S/C18H17ClN2O/c1-11-7-8-14-12(2)17(21-16(14)9-11)18(22)20-10-13-5-3-4-6-15(13)19/h3-9,21H,10H2,1-2H3,(H,20,22). The number of H-pyrrole nitrogens is 1. The summed E-state index contributed by atoms with van der Waals surface area (Å²) in [5.74, 6) is -0.119. The van der Waals surface area contributed by atoms with Crippen LogP contribution in [0.3, 0.4) is 0 Å². The molecule has 0 fully saturated rings. The lowest BCUT2D eigenvalue weighted by Gasteiger charge is -2.06. The van der Waals surface area contributed by atoms with Gasteiger partial charge in [0.05, 0.1) is 0 Å². The molecule has 0 aliphatic rings. The van der Waals surface area contributed by atoms with E-state index in [0.717, 1.165) is 27.6 Å². The summed E-state index contributed by atoms with van der Waals surface area (Å²) < 4.78 is 0. The summed E-state index contributed by atoms with van der Waals surface area (Å²) in [6, 6.07) is 13.6. The number of hydrogen-bond donors (Lipinski definition) is 2. The minimum atomic E-state index is -0.119. The van der Waals surface area contributed by atoms with Crippen molar-refractivity contribution in [1.82, 2.24) is 10.3 Å². The fourth-order valence-corrected chi connectivity index (χ4v) is 2.79. The largest absolute Gasteiger partial charge is 0.350 e. The molecule has 0 unspecified atom stereocenters. The van der Waals surface area contributed by atoms with Gasteiger partial charge in [-0.1, -0.05) is 41.9 Å². The number of aryl methyl sites for hydroxylation is 2. The minimum Gasteiger partial charge on any atom is -0.350 e. The van der Waals surface area contributed by atoms with Crippen LogP contribution in [0.15, 0.2) is 42.5 Å². The van der Waals surface area contributed by atoms with Crippen LogP contribution in [-0.2, 0) is 6.54 Å². The van der Waals surface area contributed by atoms with Crippen molar-refractivity contribution in [3.63, 3.8) is 0 Å². The Morgan fingerprint density at radius 2 is 1.95 bits per heavy atom. The van der Waals surface area contributed by atoms with Crippen molar-refractivity contribution in [3.05, 3.63) is 69.9 Å². The van der Waals surface area contributed by atoms with E-state index in [9.17, 15) is 4.79 Å². The molecule has 0 aliphatic carbocycles. The first-order chi connectivity index (χ1) is 10.6. The molecule has 0 radical (unpaired) electrons. The Labute approximate surface area is 134 Å². The Bertz CT molecular complexity index is 851. The highest BCUT2D eigenvalue weighted by Crippen LogP contribution is 2.23. The Morgan fingerprint density at radius 1 is 1.18 bits per heavy atom. The van der Waals surface area contributed by atoms with Crippen molar-refractivity contribution in [2.45, 2.75) is 20.4 Å². The molecular weight excluding hydrogens is 296 g/mol. The molecule has 3 rings (SSSR count). The van der Waals surface area contributed by atoms with Gasteiger partial charge in [0.15, 0.2) is 0 Å². The fourth-order valence-electron chi connectivity index (χ4n) is 2.58. The van der Waals surface area contributed by atoms with Gasteiger partial charge in [-0.15, -0.1) is 0 Å². The molecular formula is C18H17ClN2O. The van der Waals surface area contributed by atoms with E-state index in [1.807, 2.05) is 50.2 Å². The molecule has 0 saturated carbocycles. The molecule has 112 valence electrons. The quantitative estimate of drug-likeness (QED) is 0.741. The number of fused-ring (bicyclic) bond motifs is 1.